The molecule has 7 heteroatoms. The second-order valence-electron chi connectivity index (χ2n) is 7.25. The molecule has 2 heterocycles. The van der Waals surface area contributed by atoms with Gasteiger partial charge in [0.05, 0.1) is 22.5 Å². The molecule has 0 bridgehead atoms. The SMILES string of the molecule is CC(C)N1CC=CC=C1c1c(C#N)c2ccc(OC(F)(F)F)cc2n1C(C)C. The van der Waals surface area contributed by atoms with E-state index in [-0.39, 0.29) is 17.8 Å². The summed E-state index contributed by atoms with van der Waals surface area (Å²) < 4.78 is 44.0. The maximum Gasteiger partial charge on any atom is 0.573 e. The molecule has 1 aliphatic heterocycles. The Morgan fingerprint density at radius 1 is 1.14 bits per heavy atom. The number of nitrogens with zero attached hydrogens (tertiary/aromatic N) is 3. The second kappa shape index (κ2) is 7.27. The van der Waals surface area contributed by atoms with Gasteiger partial charge in [-0.05, 0) is 45.9 Å². The molecule has 1 aliphatic rings. The minimum Gasteiger partial charge on any atom is -0.406 e. The fourth-order valence-corrected chi connectivity index (χ4v) is 3.62. The fourth-order valence-electron chi connectivity index (χ4n) is 3.62. The highest BCUT2D eigenvalue weighted by atomic mass is 19.4. The summed E-state index contributed by atoms with van der Waals surface area (Å²) in [6.07, 6.45) is 1.16. The van der Waals surface area contributed by atoms with Crippen LogP contribution in [-0.4, -0.2) is 28.4 Å². The monoisotopic (exact) mass is 389 g/mol. The molecule has 0 amide bonds. The molecule has 2 aromatic rings. The quantitative estimate of drug-likeness (QED) is 0.682. The lowest BCUT2D eigenvalue weighted by molar-refractivity contribution is -0.274. The van der Waals surface area contributed by atoms with E-state index in [0.29, 0.717) is 23.0 Å². The Morgan fingerprint density at radius 2 is 1.86 bits per heavy atom. The van der Waals surface area contributed by atoms with Gasteiger partial charge in [-0.15, -0.1) is 13.2 Å². The fraction of sp³-hybridized carbons (Fsp3) is 0.381. The first kappa shape index (κ1) is 19.9. The van der Waals surface area contributed by atoms with Crippen LogP contribution in [0.4, 0.5) is 13.2 Å². The normalized spacial score (nSPS) is 14.7. The molecular weight excluding hydrogens is 367 g/mol. The van der Waals surface area contributed by atoms with Crippen LogP contribution in [0.2, 0.25) is 0 Å². The summed E-state index contributed by atoms with van der Waals surface area (Å²) in [5.41, 5.74) is 2.60. The van der Waals surface area contributed by atoms with Gasteiger partial charge in [0.15, 0.2) is 0 Å². The van der Waals surface area contributed by atoms with Gasteiger partial charge >= 0.3 is 6.36 Å². The molecular formula is C21H22F3N3O. The maximum atomic E-state index is 12.7. The Morgan fingerprint density at radius 3 is 2.43 bits per heavy atom. The van der Waals surface area contributed by atoms with Crippen LogP contribution in [0.25, 0.3) is 16.6 Å². The third-order valence-electron chi connectivity index (χ3n) is 4.71. The minimum atomic E-state index is -4.77. The molecule has 28 heavy (non-hydrogen) atoms. The van der Waals surface area contributed by atoms with Crippen LogP contribution < -0.4 is 4.74 Å². The van der Waals surface area contributed by atoms with Crippen molar-refractivity contribution in [1.82, 2.24) is 9.47 Å². The number of allylic oxidation sites excluding steroid dienone is 2. The van der Waals surface area contributed by atoms with Crippen molar-refractivity contribution in [2.75, 3.05) is 6.54 Å². The molecule has 0 fully saturated rings. The summed E-state index contributed by atoms with van der Waals surface area (Å²) >= 11 is 0. The van der Waals surface area contributed by atoms with Gasteiger partial charge in [0.1, 0.15) is 11.8 Å². The average Bonchev–Trinajstić information content (AvgIpc) is 2.93. The van der Waals surface area contributed by atoms with Crippen LogP contribution >= 0.6 is 0 Å². The summed E-state index contributed by atoms with van der Waals surface area (Å²) in [6.45, 7) is 8.73. The van der Waals surface area contributed by atoms with Gasteiger partial charge in [-0.25, -0.2) is 0 Å². The van der Waals surface area contributed by atoms with Crippen molar-refractivity contribution in [3.05, 3.63) is 47.7 Å². The second-order valence-corrected chi connectivity index (χ2v) is 7.25. The summed E-state index contributed by atoms with van der Waals surface area (Å²) in [5, 5.41) is 10.5. The number of alkyl halides is 3. The minimum absolute atomic E-state index is 0.0680. The van der Waals surface area contributed by atoms with Gasteiger partial charge < -0.3 is 14.2 Å². The third-order valence-corrected chi connectivity index (χ3v) is 4.71. The Bertz CT molecular complexity index is 991. The largest absolute Gasteiger partial charge is 0.573 e. The van der Waals surface area contributed by atoms with Gasteiger partial charge in [0, 0.05) is 30.1 Å². The standard InChI is InChI=1S/C21H22F3N3O/c1-13(2)26-10-6-5-7-18(26)20-17(12-25)16-9-8-15(28-21(22,23)24)11-19(16)27(20)14(3)4/h5-9,11,13-14H,10H2,1-4H3. The van der Waals surface area contributed by atoms with Crippen molar-refractivity contribution in [2.45, 2.75) is 46.1 Å². The van der Waals surface area contributed by atoms with E-state index in [1.807, 2.05) is 36.6 Å². The van der Waals surface area contributed by atoms with Crippen LogP contribution in [-0.2, 0) is 0 Å². The molecule has 4 nitrogen and oxygen atoms in total. The van der Waals surface area contributed by atoms with Crippen LogP contribution in [0.1, 0.15) is 45.0 Å². The molecule has 3 rings (SSSR count). The highest BCUT2D eigenvalue weighted by molar-refractivity contribution is 5.94. The molecule has 0 unspecified atom stereocenters. The molecule has 148 valence electrons. The van der Waals surface area contributed by atoms with E-state index in [1.165, 1.54) is 18.2 Å². The molecule has 0 saturated carbocycles. The predicted octanol–water partition coefficient (Wildman–Crippen LogP) is 5.61. The van der Waals surface area contributed by atoms with E-state index < -0.39 is 6.36 Å². The smallest absolute Gasteiger partial charge is 0.406 e. The summed E-state index contributed by atoms with van der Waals surface area (Å²) in [6, 6.07) is 6.52. The lowest BCUT2D eigenvalue weighted by Gasteiger charge is -2.33. The Labute approximate surface area is 162 Å². The number of hydrogen-bond acceptors (Lipinski definition) is 3. The average molecular weight is 389 g/mol. The third kappa shape index (κ3) is 3.59. The first-order valence-electron chi connectivity index (χ1n) is 9.11. The van der Waals surface area contributed by atoms with Crippen molar-refractivity contribution >= 4 is 16.6 Å². The highest BCUT2D eigenvalue weighted by Gasteiger charge is 2.32. The van der Waals surface area contributed by atoms with Crippen LogP contribution in [0.5, 0.6) is 5.75 Å². The van der Waals surface area contributed by atoms with E-state index in [2.05, 4.69) is 29.6 Å². The molecule has 0 atom stereocenters. The summed E-state index contributed by atoms with van der Waals surface area (Å²) in [4.78, 5) is 2.17. The zero-order valence-corrected chi connectivity index (χ0v) is 16.2. The molecule has 0 aliphatic carbocycles. The van der Waals surface area contributed by atoms with E-state index in [0.717, 1.165) is 11.4 Å². The lowest BCUT2D eigenvalue weighted by atomic mass is 10.1. The first-order chi connectivity index (χ1) is 13.1. The Kier molecular flexibility index (Phi) is 5.16. The first-order valence-corrected chi connectivity index (χ1v) is 9.11. The van der Waals surface area contributed by atoms with Gasteiger partial charge in [0.25, 0.3) is 0 Å². The predicted molar refractivity (Wildman–Crippen MR) is 103 cm³/mol. The topological polar surface area (TPSA) is 41.2 Å². The molecule has 0 spiro atoms. The molecule has 1 aromatic heterocycles. The van der Waals surface area contributed by atoms with Crippen LogP contribution in [0.15, 0.2) is 36.4 Å². The number of rotatable bonds is 4. The summed E-state index contributed by atoms with van der Waals surface area (Å²) in [7, 11) is 0. The van der Waals surface area contributed by atoms with E-state index >= 15 is 0 Å². The number of ether oxygens (including phenoxy) is 1. The van der Waals surface area contributed by atoms with E-state index in [9.17, 15) is 18.4 Å². The van der Waals surface area contributed by atoms with Crippen molar-refractivity contribution in [3.8, 4) is 11.8 Å². The lowest BCUT2D eigenvalue weighted by Crippen LogP contribution is -2.32. The highest BCUT2D eigenvalue weighted by Crippen LogP contribution is 2.38. The van der Waals surface area contributed by atoms with Crippen LogP contribution in [0.3, 0.4) is 0 Å². The van der Waals surface area contributed by atoms with Crippen molar-refractivity contribution in [1.29, 1.82) is 5.26 Å². The van der Waals surface area contributed by atoms with Crippen molar-refractivity contribution in [3.63, 3.8) is 0 Å². The zero-order valence-electron chi connectivity index (χ0n) is 16.2. The number of hydrogen-bond donors (Lipinski definition) is 0. The van der Waals surface area contributed by atoms with Gasteiger partial charge in [-0.1, -0.05) is 12.2 Å². The number of nitriles is 1. The number of halogens is 3. The van der Waals surface area contributed by atoms with Crippen molar-refractivity contribution < 1.29 is 17.9 Å². The molecule has 0 N–H and O–H groups in total. The van der Waals surface area contributed by atoms with Crippen molar-refractivity contribution in [2.24, 2.45) is 0 Å². The molecule has 0 radical (unpaired) electrons. The van der Waals surface area contributed by atoms with Gasteiger partial charge in [-0.3, -0.25) is 0 Å². The molecule has 1 aromatic carbocycles. The zero-order chi connectivity index (χ0) is 20.6. The van der Waals surface area contributed by atoms with Gasteiger partial charge in [0.2, 0.25) is 0 Å². The molecule has 0 saturated heterocycles. The number of aromatic nitrogens is 1. The number of benzene rings is 1. The maximum absolute atomic E-state index is 12.7. The Balaban J connectivity index is 2.30. The van der Waals surface area contributed by atoms with E-state index in [1.54, 1.807) is 0 Å². The van der Waals surface area contributed by atoms with E-state index in [4.69, 9.17) is 0 Å². The summed E-state index contributed by atoms with van der Waals surface area (Å²) in [5.74, 6) is -0.298. The van der Waals surface area contributed by atoms with Crippen LogP contribution in [0, 0.1) is 11.3 Å². The number of fused-ring (bicyclic) bond motifs is 1. The van der Waals surface area contributed by atoms with Gasteiger partial charge in [-0.2, -0.15) is 5.26 Å². The Hall–Kier alpha value is -2.88.